The van der Waals surface area contributed by atoms with Crippen molar-refractivity contribution in [2.75, 3.05) is 26.7 Å². The van der Waals surface area contributed by atoms with Crippen molar-refractivity contribution in [1.82, 2.24) is 20.6 Å². The van der Waals surface area contributed by atoms with Gasteiger partial charge in [-0.1, -0.05) is 6.07 Å². The van der Waals surface area contributed by atoms with Crippen LogP contribution in [0.15, 0.2) is 18.2 Å². The van der Waals surface area contributed by atoms with Crippen LogP contribution in [0.1, 0.15) is 29.0 Å². The highest BCUT2D eigenvalue weighted by Crippen LogP contribution is 2.17. The molecule has 1 saturated heterocycles. The molecule has 2 rings (SSSR count). The Kier molecular flexibility index (Phi) is 5.46. The van der Waals surface area contributed by atoms with Gasteiger partial charge in [-0.15, -0.1) is 0 Å². The highest BCUT2D eigenvalue weighted by atomic mass is 16.2. The highest BCUT2D eigenvalue weighted by Gasteiger charge is 2.19. The fourth-order valence-electron chi connectivity index (χ4n) is 2.75. The van der Waals surface area contributed by atoms with Crippen LogP contribution < -0.4 is 16.6 Å². The number of piperidine rings is 1. The molecule has 1 aromatic rings. The van der Waals surface area contributed by atoms with E-state index in [-0.39, 0.29) is 5.91 Å². The SMILES string of the molecule is CNCC1CCCN(Cc2cccc(C(=O)NN)n2)C1. The molecule has 0 saturated carbocycles. The lowest BCUT2D eigenvalue weighted by molar-refractivity contribution is 0.0948. The van der Waals surface area contributed by atoms with E-state index in [0.717, 1.165) is 31.9 Å². The molecule has 0 aromatic carbocycles. The first-order chi connectivity index (χ1) is 9.72. The standard InChI is InChI=1S/C14H23N5O/c1-16-8-11-4-3-7-19(9-11)10-12-5-2-6-13(17-12)14(20)18-15/h2,5-6,11,16H,3-4,7-10,15H2,1H3,(H,18,20). The molecule has 0 aliphatic carbocycles. The molecule has 0 bridgehead atoms. The van der Waals surface area contributed by atoms with Gasteiger partial charge in [0.2, 0.25) is 0 Å². The molecule has 1 amide bonds. The van der Waals surface area contributed by atoms with E-state index >= 15 is 0 Å². The topological polar surface area (TPSA) is 83.3 Å². The average Bonchev–Trinajstić information content (AvgIpc) is 2.47. The van der Waals surface area contributed by atoms with Gasteiger partial charge in [0.1, 0.15) is 5.69 Å². The van der Waals surface area contributed by atoms with E-state index in [0.29, 0.717) is 11.6 Å². The Morgan fingerprint density at radius 1 is 1.55 bits per heavy atom. The maximum atomic E-state index is 11.5. The van der Waals surface area contributed by atoms with E-state index < -0.39 is 0 Å². The van der Waals surface area contributed by atoms with Gasteiger partial charge in [0.25, 0.3) is 5.91 Å². The largest absolute Gasteiger partial charge is 0.319 e. The number of amides is 1. The Morgan fingerprint density at radius 3 is 3.15 bits per heavy atom. The van der Waals surface area contributed by atoms with Crippen LogP contribution in [-0.4, -0.2) is 42.5 Å². The van der Waals surface area contributed by atoms with E-state index in [1.165, 1.54) is 12.8 Å². The van der Waals surface area contributed by atoms with Gasteiger partial charge in [0.15, 0.2) is 0 Å². The van der Waals surface area contributed by atoms with Crippen molar-refractivity contribution < 1.29 is 4.79 Å². The quantitative estimate of drug-likeness (QED) is 0.404. The van der Waals surface area contributed by atoms with Crippen LogP contribution in [0.3, 0.4) is 0 Å². The smallest absolute Gasteiger partial charge is 0.283 e. The fourth-order valence-corrected chi connectivity index (χ4v) is 2.75. The Morgan fingerprint density at radius 2 is 2.40 bits per heavy atom. The fraction of sp³-hybridized carbons (Fsp3) is 0.571. The highest BCUT2D eigenvalue weighted by molar-refractivity contribution is 5.91. The number of carbonyl (C=O) groups is 1. The Labute approximate surface area is 119 Å². The van der Waals surface area contributed by atoms with Crippen LogP contribution in [0.25, 0.3) is 0 Å². The van der Waals surface area contributed by atoms with E-state index in [1.54, 1.807) is 6.07 Å². The number of hydrogen-bond donors (Lipinski definition) is 3. The molecule has 1 aliphatic rings. The number of nitrogen functional groups attached to an aromatic ring is 1. The first kappa shape index (κ1) is 14.9. The van der Waals surface area contributed by atoms with Crippen LogP contribution in [0.4, 0.5) is 0 Å². The maximum Gasteiger partial charge on any atom is 0.283 e. The molecular weight excluding hydrogens is 254 g/mol. The van der Waals surface area contributed by atoms with Crippen molar-refractivity contribution in [1.29, 1.82) is 0 Å². The minimum atomic E-state index is -0.349. The lowest BCUT2D eigenvalue weighted by Crippen LogP contribution is -2.38. The molecule has 1 fully saturated rings. The summed E-state index contributed by atoms with van der Waals surface area (Å²) < 4.78 is 0. The minimum Gasteiger partial charge on any atom is -0.319 e. The number of aromatic nitrogens is 1. The summed E-state index contributed by atoms with van der Waals surface area (Å²) >= 11 is 0. The molecule has 0 spiro atoms. The first-order valence-electron chi connectivity index (χ1n) is 7.06. The zero-order chi connectivity index (χ0) is 14.4. The Hall–Kier alpha value is -1.50. The molecule has 1 aliphatic heterocycles. The number of pyridine rings is 1. The molecule has 20 heavy (non-hydrogen) atoms. The monoisotopic (exact) mass is 277 g/mol. The van der Waals surface area contributed by atoms with Crippen molar-refractivity contribution in [3.05, 3.63) is 29.6 Å². The van der Waals surface area contributed by atoms with Crippen molar-refractivity contribution >= 4 is 5.91 Å². The van der Waals surface area contributed by atoms with Crippen LogP contribution in [0.2, 0.25) is 0 Å². The van der Waals surface area contributed by atoms with E-state index in [9.17, 15) is 4.79 Å². The van der Waals surface area contributed by atoms with E-state index in [1.807, 2.05) is 19.2 Å². The predicted molar refractivity (Wildman–Crippen MR) is 77.8 cm³/mol. The van der Waals surface area contributed by atoms with Crippen molar-refractivity contribution in [2.24, 2.45) is 11.8 Å². The van der Waals surface area contributed by atoms with E-state index in [4.69, 9.17) is 5.84 Å². The number of nitrogens with one attached hydrogen (secondary N) is 2. The molecule has 110 valence electrons. The summed E-state index contributed by atoms with van der Waals surface area (Å²) in [5.74, 6) is 5.48. The average molecular weight is 277 g/mol. The van der Waals surface area contributed by atoms with Gasteiger partial charge in [-0.3, -0.25) is 15.1 Å². The summed E-state index contributed by atoms with van der Waals surface area (Å²) in [7, 11) is 2.00. The normalized spacial score (nSPS) is 19.8. The third-order valence-electron chi connectivity index (χ3n) is 3.65. The van der Waals surface area contributed by atoms with Gasteiger partial charge in [-0.05, 0) is 51.0 Å². The van der Waals surface area contributed by atoms with E-state index in [2.05, 4.69) is 20.6 Å². The Bertz CT molecular complexity index is 449. The van der Waals surface area contributed by atoms with Crippen LogP contribution in [-0.2, 0) is 6.54 Å². The summed E-state index contributed by atoms with van der Waals surface area (Å²) in [5.41, 5.74) is 3.40. The zero-order valence-corrected chi connectivity index (χ0v) is 11.9. The van der Waals surface area contributed by atoms with Crippen LogP contribution >= 0.6 is 0 Å². The molecule has 1 aromatic heterocycles. The number of likely N-dealkylation sites (tertiary alicyclic amines) is 1. The van der Waals surface area contributed by atoms with Gasteiger partial charge in [0.05, 0.1) is 5.69 Å². The predicted octanol–water partition coefficient (Wildman–Crippen LogP) is 0.117. The van der Waals surface area contributed by atoms with Gasteiger partial charge in [0, 0.05) is 13.1 Å². The number of nitrogens with two attached hydrogens (primary N) is 1. The second-order valence-electron chi connectivity index (χ2n) is 5.29. The van der Waals surface area contributed by atoms with Gasteiger partial charge < -0.3 is 5.32 Å². The number of rotatable bonds is 5. The van der Waals surface area contributed by atoms with Crippen LogP contribution in [0.5, 0.6) is 0 Å². The Balaban J connectivity index is 1.97. The first-order valence-corrected chi connectivity index (χ1v) is 7.06. The molecule has 6 nitrogen and oxygen atoms in total. The van der Waals surface area contributed by atoms with Crippen molar-refractivity contribution in [3.8, 4) is 0 Å². The third kappa shape index (κ3) is 4.00. The van der Waals surface area contributed by atoms with Gasteiger partial charge >= 0.3 is 0 Å². The molecule has 0 radical (unpaired) electrons. The van der Waals surface area contributed by atoms with Crippen molar-refractivity contribution in [2.45, 2.75) is 19.4 Å². The minimum absolute atomic E-state index is 0.349. The molecule has 4 N–H and O–H groups in total. The maximum absolute atomic E-state index is 11.5. The lowest BCUT2D eigenvalue weighted by atomic mass is 9.98. The molecule has 2 heterocycles. The second kappa shape index (κ2) is 7.33. The molecular formula is C14H23N5O. The lowest BCUT2D eigenvalue weighted by Gasteiger charge is -2.32. The summed E-state index contributed by atoms with van der Waals surface area (Å²) in [4.78, 5) is 18.2. The van der Waals surface area contributed by atoms with Gasteiger partial charge in [-0.2, -0.15) is 0 Å². The zero-order valence-electron chi connectivity index (χ0n) is 11.9. The molecule has 6 heteroatoms. The number of hydrogen-bond acceptors (Lipinski definition) is 5. The summed E-state index contributed by atoms with van der Waals surface area (Å²) in [5, 5.41) is 3.24. The summed E-state index contributed by atoms with van der Waals surface area (Å²) in [6.07, 6.45) is 2.50. The number of carbonyl (C=O) groups excluding carboxylic acids is 1. The number of nitrogens with zero attached hydrogens (tertiary/aromatic N) is 2. The summed E-state index contributed by atoms with van der Waals surface area (Å²) in [6, 6.07) is 5.47. The van der Waals surface area contributed by atoms with Crippen molar-refractivity contribution in [3.63, 3.8) is 0 Å². The van der Waals surface area contributed by atoms with Gasteiger partial charge in [-0.25, -0.2) is 10.8 Å². The number of hydrazine groups is 1. The summed E-state index contributed by atoms with van der Waals surface area (Å²) in [6.45, 7) is 4.01. The third-order valence-corrected chi connectivity index (χ3v) is 3.65. The van der Waals surface area contributed by atoms with Crippen LogP contribution in [0, 0.1) is 5.92 Å². The molecule has 1 unspecified atom stereocenters. The molecule has 1 atom stereocenters. The second-order valence-corrected chi connectivity index (χ2v) is 5.29.